The summed E-state index contributed by atoms with van der Waals surface area (Å²) in [6.07, 6.45) is 10.8. The summed E-state index contributed by atoms with van der Waals surface area (Å²) in [5.41, 5.74) is 1.50. The first kappa shape index (κ1) is 15.6. The summed E-state index contributed by atoms with van der Waals surface area (Å²) in [7, 11) is 0. The van der Waals surface area contributed by atoms with Gasteiger partial charge in [0, 0.05) is 6.04 Å². The van der Waals surface area contributed by atoms with E-state index >= 15 is 0 Å². The highest BCUT2D eigenvalue weighted by Gasteiger charge is 2.24. The van der Waals surface area contributed by atoms with Crippen LogP contribution in [-0.4, -0.2) is 19.2 Å². The molecule has 0 spiro atoms. The molecule has 0 fully saturated rings. The van der Waals surface area contributed by atoms with Gasteiger partial charge in [0.2, 0.25) is 0 Å². The third-order valence-corrected chi connectivity index (χ3v) is 3.77. The van der Waals surface area contributed by atoms with Crippen molar-refractivity contribution >= 4 is 0 Å². The monoisotopic (exact) mass is 253 g/mol. The van der Waals surface area contributed by atoms with Crippen molar-refractivity contribution in [3.8, 4) is 0 Å². The average Bonchev–Trinajstić information content (AvgIpc) is 2.41. The van der Waals surface area contributed by atoms with Crippen LogP contribution in [0.5, 0.6) is 0 Å². The lowest BCUT2D eigenvalue weighted by molar-refractivity contribution is 0.211. The van der Waals surface area contributed by atoms with Crippen molar-refractivity contribution in [1.29, 1.82) is 0 Å². The number of rotatable bonds is 9. The molecule has 0 saturated carbocycles. The summed E-state index contributed by atoms with van der Waals surface area (Å²) in [6, 6.07) is 0.546. The van der Waals surface area contributed by atoms with Crippen LogP contribution in [0.3, 0.4) is 0 Å². The van der Waals surface area contributed by atoms with Gasteiger partial charge in [-0.2, -0.15) is 0 Å². The second-order valence-corrected chi connectivity index (χ2v) is 5.44. The minimum Gasteiger partial charge on any atom is -0.501 e. The van der Waals surface area contributed by atoms with Crippen LogP contribution in [0.15, 0.2) is 11.8 Å². The van der Waals surface area contributed by atoms with Gasteiger partial charge in [-0.15, -0.1) is 0 Å². The van der Waals surface area contributed by atoms with Gasteiger partial charge in [0.05, 0.1) is 12.9 Å². The fourth-order valence-corrected chi connectivity index (χ4v) is 2.93. The predicted molar refractivity (Wildman–Crippen MR) is 78.7 cm³/mol. The number of hydrogen-bond donors (Lipinski definition) is 1. The Morgan fingerprint density at radius 1 is 1.17 bits per heavy atom. The van der Waals surface area contributed by atoms with Crippen molar-refractivity contribution in [2.45, 2.75) is 71.8 Å². The molecule has 1 rings (SSSR count). The molecule has 18 heavy (non-hydrogen) atoms. The molecule has 0 saturated heterocycles. The topological polar surface area (TPSA) is 21.3 Å². The van der Waals surface area contributed by atoms with Crippen molar-refractivity contribution < 1.29 is 4.74 Å². The summed E-state index contributed by atoms with van der Waals surface area (Å²) in [4.78, 5) is 0. The Kier molecular flexibility index (Phi) is 8.15. The lowest BCUT2D eigenvalue weighted by Crippen LogP contribution is -2.39. The summed E-state index contributed by atoms with van der Waals surface area (Å²) in [6.45, 7) is 8.85. The first-order valence-electron chi connectivity index (χ1n) is 7.87. The van der Waals surface area contributed by atoms with Crippen LogP contribution >= 0.6 is 0 Å². The highest BCUT2D eigenvalue weighted by atomic mass is 16.5. The summed E-state index contributed by atoms with van der Waals surface area (Å²) < 4.78 is 5.55. The summed E-state index contributed by atoms with van der Waals surface area (Å²) in [5, 5.41) is 3.76. The molecular weight excluding hydrogens is 222 g/mol. The Hall–Kier alpha value is -0.500. The van der Waals surface area contributed by atoms with E-state index in [0.717, 1.165) is 19.1 Å². The van der Waals surface area contributed by atoms with E-state index in [9.17, 15) is 0 Å². The van der Waals surface area contributed by atoms with Crippen LogP contribution in [0.4, 0.5) is 0 Å². The van der Waals surface area contributed by atoms with Gasteiger partial charge < -0.3 is 10.1 Å². The molecule has 1 heterocycles. The molecular formula is C16H31NO. The van der Waals surface area contributed by atoms with E-state index < -0.39 is 0 Å². The zero-order valence-electron chi connectivity index (χ0n) is 12.5. The smallest absolute Gasteiger partial charge is 0.0876 e. The van der Waals surface area contributed by atoms with Crippen molar-refractivity contribution in [2.24, 2.45) is 5.92 Å². The Balaban J connectivity index is 2.69. The molecule has 106 valence electrons. The molecule has 0 aromatic heterocycles. The van der Waals surface area contributed by atoms with E-state index in [1.807, 2.05) is 6.26 Å². The molecule has 1 N–H and O–H groups in total. The Morgan fingerprint density at radius 2 is 1.89 bits per heavy atom. The zero-order valence-corrected chi connectivity index (χ0v) is 12.5. The van der Waals surface area contributed by atoms with Crippen molar-refractivity contribution in [2.75, 3.05) is 13.2 Å². The molecule has 0 aliphatic carbocycles. The normalized spacial score (nSPS) is 17.4. The van der Waals surface area contributed by atoms with Crippen LogP contribution in [0.2, 0.25) is 0 Å². The van der Waals surface area contributed by atoms with E-state index in [1.165, 1.54) is 50.5 Å². The third-order valence-electron chi connectivity index (χ3n) is 3.77. The molecule has 1 aliphatic heterocycles. The van der Waals surface area contributed by atoms with E-state index in [2.05, 4.69) is 26.1 Å². The highest BCUT2D eigenvalue weighted by Crippen LogP contribution is 2.27. The third kappa shape index (κ3) is 5.01. The molecule has 2 heteroatoms. The van der Waals surface area contributed by atoms with Crippen molar-refractivity contribution in [3.63, 3.8) is 0 Å². The number of nitrogens with one attached hydrogen (secondary N) is 1. The van der Waals surface area contributed by atoms with E-state index in [0.29, 0.717) is 6.04 Å². The maximum absolute atomic E-state index is 5.55. The standard InChI is InChI=1S/C16H31NO/c1-4-8-14(9-5-2)16(17-11-6-3)15-10-7-12-18-13-15/h13-14,16-17H,4-12H2,1-3H3. The molecule has 2 nitrogen and oxygen atoms in total. The molecule has 0 radical (unpaired) electrons. The highest BCUT2D eigenvalue weighted by molar-refractivity contribution is 5.12. The van der Waals surface area contributed by atoms with Gasteiger partial charge in [0.1, 0.15) is 0 Å². The molecule has 0 bridgehead atoms. The van der Waals surface area contributed by atoms with Gasteiger partial charge in [-0.05, 0) is 50.1 Å². The lowest BCUT2D eigenvalue weighted by atomic mass is 9.84. The van der Waals surface area contributed by atoms with Crippen molar-refractivity contribution in [3.05, 3.63) is 11.8 Å². The molecule has 1 atom stereocenters. The van der Waals surface area contributed by atoms with Crippen LogP contribution in [0.25, 0.3) is 0 Å². The predicted octanol–water partition coefficient (Wildman–Crippen LogP) is 4.27. The number of ether oxygens (including phenoxy) is 1. The van der Waals surface area contributed by atoms with Crippen LogP contribution in [-0.2, 0) is 4.74 Å². The van der Waals surface area contributed by atoms with E-state index in [4.69, 9.17) is 4.74 Å². The lowest BCUT2D eigenvalue weighted by Gasteiger charge is -2.31. The Bertz CT molecular complexity index is 231. The minimum atomic E-state index is 0.546. The molecule has 1 unspecified atom stereocenters. The van der Waals surface area contributed by atoms with Gasteiger partial charge >= 0.3 is 0 Å². The second kappa shape index (κ2) is 9.43. The fraction of sp³-hybridized carbons (Fsp3) is 0.875. The van der Waals surface area contributed by atoms with Gasteiger partial charge in [-0.25, -0.2) is 0 Å². The molecule has 1 aliphatic rings. The van der Waals surface area contributed by atoms with E-state index in [-0.39, 0.29) is 0 Å². The van der Waals surface area contributed by atoms with Crippen LogP contribution in [0, 0.1) is 5.92 Å². The van der Waals surface area contributed by atoms with Gasteiger partial charge in [-0.3, -0.25) is 0 Å². The Morgan fingerprint density at radius 3 is 2.39 bits per heavy atom. The zero-order chi connectivity index (χ0) is 13.2. The van der Waals surface area contributed by atoms with Gasteiger partial charge in [0.25, 0.3) is 0 Å². The largest absolute Gasteiger partial charge is 0.501 e. The first-order chi connectivity index (χ1) is 8.83. The number of hydrogen-bond acceptors (Lipinski definition) is 2. The molecule has 0 aromatic carbocycles. The molecule has 0 aromatic rings. The van der Waals surface area contributed by atoms with Crippen LogP contribution in [0.1, 0.15) is 65.7 Å². The van der Waals surface area contributed by atoms with Gasteiger partial charge in [-0.1, -0.05) is 33.6 Å². The van der Waals surface area contributed by atoms with E-state index in [1.54, 1.807) is 0 Å². The summed E-state index contributed by atoms with van der Waals surface area (Å²) in [5.74, 6) is 0.777. The maximum atomic E-state index is 5.55. The van der Waals surface area contributed by atoms with Crippen molar-refractivity contribution in [1.82, 2.24) is 5.32 Å². The van der Waals surface area contributed by atoms with Crippen LogP contribution < -0.4 is 5.32 Å². The second-order valence-electron chi connectivity index (χ2n) is 5.44. The first-order valence-corrected chi connectivity index (χ1v) is 7.87. The Labute approximate surface area is 113 Å². The fourth-order valence-electron chi connectivity index (χ4n) is 2.93. The maximum Gasteiger partial charge on any atom is 0.0876 e. The minimum absolute atomic E-state index is 0.546. The van der Waals surface area contributed by atoms with Gasteiger partial charge in [0.15, 0.2) is 0 Å². The SMILES string of the molecule is CCCNC(C1=COCCC1)C(CCC)CCC. The average molecular weight is 253 g/mol. The quantitative estimate of drug-likeness (QED) is 0.662. The molecule has 0 amide bonds. The summed E-state index contributed by atoms with van der Waals surface area (Å²) >= 11 is 0.